The molecular weight excluding hydrogens is 1310 g/mol. The van der Waals surface area contributed by atoms with Crippen LogP contribution in [0.4, 0.5) is 0 Å². The number of carboxylic acid groups (broad SMARTS) is 2. The van der Waals surface area contributed by atoms with Crippen molar-refractivity contribution in [3.05, 3.63) is 36.5 Å². The predicted octanol–water partition coefficient (Wildman–Crippen LogP) is 3.42. The second-order valence-electron chi connectivity index (χ2n) is 28.3. The van der Waals surface area contributed by atoms with Crippen molar-refractivity contribution >= 4 is 59.3 Å². The van der Waals surface area contributed by atoms with E-state index in [1.54, 1.807) is 69.2 Å². The summed E-state index contributed by atoms with van der Waals surface area (Å²) in [4.78, 5) is 113. The van der Waals surface area contributed by atoms with Crippen LogP contribution in [0, 0.1) is 0 Å². The summed E-state index contributed by atoms with van der Waals surface area (Å²) in [6, 6.07) is 0. The first kappa shape index (κ1) is 90.1. The fourth-order valence-corrected chi connectivity index (χ4v) is 13.1. The minimum atomic E-state index is -1.10. The third kappa shape index (κ3) is 30.5. The largest absolute Gasteiger partial charge is 0.481 e. The fourth-order valence-electron chi connectivity index (χ4n) is 13.1. The number of carboxylic acids is 2. The second-order valence-corrected chi connectivity index (χ2v) is 28.3. The van der Waals surface area contributed by atoms with Gasteiger partial charge in [-0.3, -0.25) is 62.6 Å². The van der Waals surface area contributed by atoms with Gasteiger partial charge in [-0.25, -0.2) is 0 Å². The number of nitrogens with zero attached hydrogens (tertiary/aromatic N) is 3. The number of hydrogen-bond donors (Lipinski definition) is 10. The van der Waals surface area contributed by atoms with Crippen LogP contribution in [-0.2, 0) is 81.1 Å². The molecule has 0 aromatic heterocycles. The maximum atomic E-state index is 12.0. The van der Waals surface area contributed by atoms with Gasteiger partial charge >= 0.3 is 23.9 Å². The molecule has 20 unspecified atom stereocenters. The van der Waals surface area contributed by atoms with E-state index < -0.39 is 70.5 Å². The summed E-state index contributed by atoms with van der Waals surface area (Å²) in [6.07, 6.45) is 9.36. The quantitative estimate of drug-likeness (QED) is 0.0534. The van der Waals surface area contributed by atoms with Gasteiger partial charge in [-0.15, -0.1) is 0 Å². The monoisotopic (exact) mass is 1430 g/mol. The van der Waals surface area contributed by atoms with Gasteiger partial charge in [-0.2, -0.15) is 0 Å². The van der Waals surface area contributed by atoms with Gasteiger partial charge in [-0.05, 0) is 136 Å². The average Bonchev–Trinajstić information content (AvgIpc) is 1.26. The zero-order valence-corrected chi connectivity index (χ0v) is 61.1. The molecule has 30 nitrogen and oxygen atoms in total. The Labute approximate surface area is 586 Å². The van der Waals surface area contributed by atoms with Gasteiger partial charge in [0.25, 0.3) is 35.4 Å². The molecule has 0 saturated carbocycles. The number of ether oxygens (including phenoxy) is 7. The standard InChI is InChI=1S/C18H27NO6.C10H13NO4.C10H18O4.C8H9NO4.3C8H16O3/c1-12-11-18(3,23)17(13(2)24-12)25-16(22)7-5-4-6-10-19-14(20)8-9-15(19)21;12-8-5-6-9(13)11(8)7-3-1-2-4-10(14)15;1-6-5-10(4,12)9(7(2)13-6)14-8(3)11;10-6-3-4-7(11)9(6)5-1-2-8(12)13;3*1-5-4-8(3,10)7(9)6(2)11-5/h8-9,12-13,17,23H,4-7,10-11H2,1-3H3;5-6H,1-4,7H2,(H,14,15);6-7,9,12H,5H2,1-4H3;3-4H,1-2,5H2,(H,12,13);3*5-7,9-10H,4H2,1-3H3. The number of hydrogen-bond acceptors (Lipinski definition) is 25. The molecule has 30 heteroatoms. The smallest absolute Gasteiger partial charge is 0.306 e. The van der Waals surface area contributed by atoms with Crippen LogP contribution in [0.3, 0.4) is 0 Å². The van der Waals surface area contributed by atoms with Gasteiger partial charge in [0, 0.05) is 114 Å². The maximum absolute atomic E-state index is 12.0. The van der Waals surface area contributed by atoms with Gasteiger partial charge < -0.3 is 84.2 Å². The molecule has 5 fully saturated rings. The summed E-state index contributed by atoms with van der Waals surface area (Å²) in [5.41, 5.74) is -5.07. The highest BCUT2D eigenvalue weighted by Crippen LogP contribution is 2.34. The van der Waals surface area contributed by atoms with Crippen molar-refractivity contribution in [2.75, 3.05) is 19.6 Å². The highest BCUT2D eigenvalue weighted by Gasteiger charge is 2.48. The molecular formula is C70H115N3O27. The first-order chi connectivity index (χ1) is 46.0. The van der Waals surface area contributed by atoms with Crippen LogP contribution in [0.15, 0.2) is 36.5 Å². The normalized spacial score (nSPS) is 35.8. The third-order valence-corrected chi connectivity index (χ3v) is 17.6. The van der Waals surface area contributed by atoms with Crippen LogP contribution in [0.25, 0.3) is 0 Å². The van der Waals surface area contributed by atoms with E-state index in [1.165, 1.54) is 53.2 Å². The molecule has 8 aliphatic rings. The minimum Gasteiger partial charge on any atom is -0.481 e. The fraction of sp³-hybridized carbons (Fsp3) is 0.771. The van der Waals surface area contributed by atoms with E-state index in [0.717, 1.165) is 4.90 Å². The van der Waals surface area contributed by atoms with Crippen LogP contribution in [0.2, 0.25) is 0 Å². The Bertz CT molecular complexity index is 2660. The van der Waals surface area contributed by atoms with Gasteiger partial charge in [0.05, 0.1) is 77.8 Å². The molecule has 100 heavy (non-hydrogen) atoms. The van der Waals surface area contributed by atoms with Crippen molar-refractivity contribution in [1.29, 1.82) is 0 Å². The van der Waals surface area contributed by atoms with E-state index in [-0.39, 0.29) is 134 Å². The molecule has 8 aliphatic heterocycles. The summed E-state index contributed by atoms with van der Waals surface area (Å²) in [5, 5.41) is 94.5. The van der Waals surface area contributed by atoms with Gasteiger partial charge in [0.1, 0.15) is 29.5 Å². The number of carbonyl (C=O) groups excluding carboxylic acids is 8. The molecule has 0 bridgehead atoms. The number of unbranched alkanes of at least 4 members (excludes halogenated alkanes) is 4. The van der Waals surface area contributed by atoms with E-state index in [4.69, 9.17) is 43.4 Å². The number of carbonyl (C=O) groups is 10. The zero-order valence-electron chi connectivity index (χ0n) is 61.1. The Morgan fingerprint density at radius 2 is 0.620 bits per heavy atom. The highest BCUT2D eigenvalue weighted by atomic mass is 16.6. The van der Waals surface area contributed by atoms with Crippen LogP contribution in [0.1, 0.15) is 207 Å². The lowest BCUT2D eigenvalue weighted by Gasteiger charge is -2.43. The molecule has 10 N–H and O–H groups in total. The van der Waals surface area contributed by atoms with Crippen molar-refractivity contribution in [2.45, 2.75) is 327 Å². The van der Waals surface area contributed by atoms with Crippen molar-refractivity contribution < 1.29 is 132 Å². The van der Waals surface area contributed by atoms with E-state index in [0.29, 0.717) is 90.1 Å². The number of esters is 2. The van der Waals surface area contributed by atoms with Crippen LogP contribution in [0.5, 0.6) is 0 Å². The Morgan fingerprint density at radius 3 is 0.880 bits per heavy atom. The number of aliphatic hydroxyl groups excluding tert-OH is 3. The summed E-state index contributed by atoms with van der Waals surface area (Å²) < 4.78 is 37.6. The Morgan fingerprint density at radius 1 is 0.380 bits per heavy atom. The molecule has 8 rings (SSSR count). The van der Waals surface area contributed by atoms with Gasteiger partial charge in [-0.1, -0.05) is 12.8 Å². The van der Waals surface area contributed by atoms with Crippen LogP contribution in [-0.4, -0.2) is 264 Å². The number of aliphatic hydroxyl groups is 8. The molecule has 8 heterocycles. The lowest BCUT2D eigenvalue weighted by atomic mass is 9.86. The van der Waals surface area contributed by atoms with E-state index in [2.05, 4.69) is 0 Å². The minimum absolute atomic E-state index is 0.00759. The third-order valence-electron chi connectivity index (χ3n) is 17.6. The lowest BCUT2D eigenvalue weighted by molar-refractivity contribution is -0.219. The molecule has 6 amide bonds. The zero-order chi connectivity index (χ0) is 76.6. The first-order valence-electron chi connectivity index (χ1n) is 34.4. The summed E-state index contributed by atoms with van der Waals surface area (Å²) >= 11 is 0. The molecule has 20 atom stereocenters. The Balaban J connectivity index is 0.000000406. The highest BCUT2D eigenvalue weighted by molar-refractivity contribution is 6.14. The molecule has 0 aromatic rings. The topological polar surface area (TPSA) is 447 Å². The van der Waals surface area contributed by atoms with E-state index in [9.17, 15) is 88.8 Å². The molecule has 0 aliphatic carbocycles. The van der Waals surface area contributed by atoms with Crippen molar-refractivity contribution in [1.82, 2.24) is 14.7 Å². The lowest BCUT2D eigenvalue weighted by Crippen LogP contribution is -2.56. The summed E-state index contributed by atoms with van der Waals surface area (Å²) in [6.45, 7) is 28.9. The van der Waals surface area contributed by atoms with Gasteiger partial charge in [0.15, 0.2) is 12.2 Å². The van der Waals surface area contributed by atoms with E-state index in [1.807, 2.05) is 34.6 Å². The van der Waals surface area contributed by atoms with Gasteiger partial charge in [0.2, 0.25) is 0 Å². The molecule has 5 saturated heterocycles. The molecule has 0 radical (unpaired) electrons. The molecule has 0 aromatic carbocycles. The number of rotatable bonds is 18. The van der Waals surface area contributed by atoms with E-state index >= 15 is 0 Å². The Kier molecular flexibility index (Phi) is 36.7. The van der Waals surface area contributed by atoms with Crippen LogP contribution >= 0.6 is 0 Å². The number of amides is 6. The van der Waals surface area contributed by atoms with Crippen LogP contribution < -0.4 is 0 Å². The van der Waals surface area contributed by atoms with Crippen molar-refractivity contribution in [3.63, 3.8) is 0 Å². The predicted molar refractivity (Wildman–Crippen MR) is 359 cm³/mol. The molecule has 0 spiro atoms. The summed E-state index contributed by atoms with van der Waals surface area (Å²) in [7, 11) is 0. The Hall–Kier alpha value is -6.00. The molecule has 572 valence electrons. The number of aliphatic carboxylic acids is 2. The van der Waals surface area contributed by atoms with Crippen molar-refractivity contribution in [3.8, 4) is 0 Å². The number of imide groups is 3. The second kappa shape index (κ2) is 40.7. The maximum Gasteiger partial charge on any atom is 0.306 e. The summed E-state index contributed by atoms with van der Waals surface area (Å²) in [5.74, 6) is -4.36. The average molecular weight is 1430 g/mol. The SMILES string of the molecule is CC(=O)OC1C(C)OC(C)CC1(C)O.CC1CC(C)(O)C(O)C(C)O1.CC1CC(C)(O)C(O)C(C)O1.CC1CC(C)(O)C(O)C(C)O1.CC1CC(C)(O)C(OC(=O)CCCCCN2C(=O)C=CC2=O)C(C)O1.O=C(O)CCCCCN1C(=O)C=CC1=O.O=C(O)CCCN1C(=O)C=CC1=O. The first-order valence-corrected chi connectivity index (χ1v) is 34.4. The van der Waals surface area contributed by atoms with Crippen molar-refractivity contribution in [2.24, 2.45) is 0 Å².